The lowest BCUT2D eigenvalue weighted by Gasteiger charge is -2.11. The second kappa shape index (κ2) is 5.46. The second-order valence-electron chi connectivity index (χ2n) is 2.25. The molecule has 5 heteroatoms. The van der Waals surface area contributed by atoms with Gasteiger partial charge in [-0.1, -0.05) is 13.8 Å². The molecule has 0 bridgehead atoms. The predicted octanol–water partition coefficient (Wildman–Crippen LogP) is -0.103. The number of hydroxylamine groups is 1. The highest BCUT2D eigenvalue weighted by Crippen LogP contribution is 1.96. The van der Waals surface area contributed by atoms with E-state index in [9.17, 15) is 4.79 Å². The summed E-state index contributed by atoms with van der Waals surface area (Å²) >= 11 is 0. The molecular formula is C5H13ClN2O2. The topological polar surface area (TPSA) is 75.4 Å². The highest BCUT2D eigenvalue weighted by Gasteiger charge is 2.15. The maximum atomic E-state index is 10.5. The molecule has 0 aliphatic rings. The predicted molar refractivity (Wildman–Crippen MR) is 40.0 cm³/mol. The zero-order chi connectivity index (χ0) is 7.44. The average molecular weight is 169 g/mol. The molecular weight excluding hydrogens is 156 g/mol. The van der Waals surface area contributed by atoms with E-state index in [1.165, 1.54) is 5.48 Å². The zero-order valence-corrected chi connectivity index (χ0v) is 6.81. The lowest BCUT2D eigenvalue weighted by atomic mass is 10.1. The van der Waals surface area contributed by atoms with Crippen LogP contribution in [0.1, 0.15) is 13.8 Å². The van der Waals surface area contributed by atoms with Crippen LogP contribution in [0.5, 0.6) is 0 Å². The standard InChI is InChI=1S/C5H12N2O2.ClH/c1-3(2)4(6)5(8)7-9;/h3-4,9H,6H2,1-2H3,(H,7,8);1H. The van der Waals surface area contributed by atoms with Crippen LogP contribution in [-0.4, -0.2) is 17.2 Å². The van der Waals surface area contributed by atoms with Crippen LogP contribution >= 0.6 is 12.4 Å². The number of hydrogen-bond acceptors (Lipinski definition) is 3. The van der Waals surface area contributed by atoms with Gasteiger partial charge in [-0.2, -0.15) is 0 Å². The molecule has 0 rings (SSSR count). The second-order valence-corrected chi connectivity index (χ2v) is 2.25. The van der Waals surface area contributed by atoms with E-state index < -0.39 is 11.9 Å². The van der Waals surface area contributed by atoms with Crippen molar-refractivity contribution in [1.82, 2.24) is 5.48 Å². The van der Waals surface area contributed by atoms with E-state index in [2.05, 4.69) is 0 Å². The van der Waals surface area contributed by atoms with Crippen LogP contribution in [0.25, 0.3) is 0 Å². The fourth-order valence-corrected chi connectivity index (χ4v) is 0.377. The Morgan fingerprint density at radius 1 is 1.60 bits per heavy atom. The summed E-state index contributed by atoms with van der Waals surface area (Å²) in [6.45, 7) is 3.61. The number of amides is 1. The van der Waals surface area contributed by atoms with Crippen molar-refractivity contribution in [3.63, 3.8) is 0 Å². The van der Waals surface area contributed by atoms with Gasteiger partial charge in [0.25, 0.3) is 5.91 Å². The van der Waals surface area contributed by atoms with Crippen molar-refractivity contribution in [1.29, 1.82) is 0 Å². The van der Waals surface area contributed by atoms with Crippen molar-refractivity contribution in [3.8, 4) is 0 Å². The van der Waals surface area contributed by atoms with Crippen molar-refractivity contribution in [3.05, 3.63) is 0 Å². The van der Waals surface area contributed by atoms with E-state index in [0.717, 1.165) is 0 Å². The Morgan fingerprint density at radius 3 is 2.10 bits per heavy atom. The number of carbonyl (C=O) groups is 1. The average Bonchev–Trinajstić information content (AvgIpc) is 1.84. The molecule has 0 spiro atoms. The summed E-state index contributed by atoms with van der Waals surface area (Å²) in [5.74, 6) is -0.484. The first kappa shape index (κ1) is 12.4. The number of nitrogens with one attached hydrogen (secondary N) is 1. The number of hydrogen-bond donors (Lipinski definition) is 3. The first-order valence-corrected chi connectivity index (χ1v) is 2.79. The molecule has 0 aromatic carbocycles. The van der Waals surface area contributed by atoms with E-state index >= 15 is 0 Å². The van der Waals surface area contributed by atoms with Gasteiger partial charge in [0.2, 0.25) is 0 Å². The third-order valence-corrected chi connectivity index (χ3v) is 1.13. The molecule has 0 saturated heterocycles. The summed E-state index contributed by atoms with van der Waals surface area (Å²) in [4.78, 5) is 10.5. The molecule has 4 N–H and O–H groups in total. The number of nitrogens with two attached hydrogens (primary N) is 1. The van der Waals surface area contributed by atoms with Crippen LogP contribution in [0.3, 0.4) is 0 Å². The summed E-state index contributed by atoms with van der Waals surface area (Å²) in [6.07, 6.45) is 0. The lowest BCUT2D eigenvalue weighted by molar-refractivity contribution is -0.131. The Morgan fingerprint density at radius 2 is 2.00 bits per heavy atom. The molecule has 1 unspecified atom stereocenters. The number of rotatable bonds is 2. The molecule has 0 saturated carbocycles. The summed E-state index contributed by atoms with van der Waals surface area (Å²) in [5.41, 5.74) is 6.78. The molecule has 10 heavy (non-hydrogen) atoms. The molecule has 4 nitrogen and oxygen atoms in total. The monoisotopic (exact) mass is 168 g/mol. The van der Waals surface area contributed by atoms with Crippen molar-refractivity contribution < 1.29 is 10.0 Å². The van der Waals surface area contributed by atoms with Crippen molar-refractivity contribution in [2.45, 2.75) is 19.9 Å². The van der Waals surface area contributed by atoms with Gasteiger partial charge in [0.05, 0.1) is 6.04 Å². The summed E-state index contributed by atoms with van der Waals surface area (Å²) in [6, 6.07) is -0.616. The van der Waals surface area contributed by atoms with Crippen LogP contribution < -0.4 is 11.2 Å². The number of halogens is 1. The molecule has 0 fully saturated rings. The highest BCUT2D eigenvalue weighted by molar-refractivity contribution is 5.85. The maximum absolute atomic E-state index is 10.5. The van der Waals surface area contributed by atoms with Gasteiger partial charge in [-0.15, -0.1) is 12.4 Å². The third kappa shape index (κ3) is 3.66. The molecule has 0 aliphatic carbocycles. The Labute approximate surface area is 66.2 Å². The van der Waals surface area contributed by atoms with Gasteiger partial charge in [-0.25, -0.2) is 5.48 Å². The van der Waals surface area contributed by atoms with Crippen LogP contribution in [0, 0.1) is 5.92 Å². The molecule has 1 atom stereocenters. The summed E-state index contributed by atoms with van der Waals surface area (Å²) in [7, 11) is 0. The van der Waals surface area contributed by atoms with E-state index in [-0.39, 0.29) is 18.3 Å². The normalized spacial score (nSPS) is 12.1. The maximum Gasteiger partial charge on any atom is 0.260 e. The van der Waals surface area contributed by atoms with E-state index in [1.807, 2.05) is 0 Å². The molecule has 0 aliphatic heterocycles. The molecule has 0 aromatic rings. The van der Waals surface area contributed by atoms with Gasteiger partial charge in [0, 0.05) is 0 Å². The van der Waals surface area contributed by atoms with Gasteiger partial charge in [-0.05, 0) is 5.92 Å². The third-order valence-electron chi connectivity index (χ3n) is 1.13. The molecule has 1 amide bonds. The van der Waals surface area contributed by atoms with E-state index in [0.29, 0.717) is 0 Å². The van der Waals surface area contributed by atoms with Crippen LogP contribution in [-0.2, 0) is 4.79 Å². The zero-order valence-electron chi connectivity index (χ0n) is 6.00. The minimum Gasteiger partial charge on any atom is -0.320 e. The molecule has 0 radical (unpaired) electrons. The van der Waals surface area contributed by atoms with Crippen molar-refractivity contribution in [2.75, 3.05) is 0 Å². The van der Waals surface area contributed by atoms with Gasteiger partial charge < -0.3 is 5.73 Å². The molecule has 0 heterocycles. The van der Waals surface area contributed by atoms with Gasteiger partial charge in [0.1, 0.15) is 0 Å². The number of carbonyl (C=O) groups excluding carboxylic acids is 1. The Kier molecular flexibility index (Phi) is 6.76. The largest absolute Gasteiger partial charge is 0.320 e. The molecule has 62 valence electrons. The van der Waals surface area contributed by atoms with Crippen molar-refractivity contribution >= 4 is 18.3 Å². The Balaban J connectivity index is 0. The first-order valence-electron chi connectivity index (χ1n) is 2.79. The molecule has 0 aromatic heterocycles. The van der Waals surface area contributed by atoms with E-state index in [1.54, 1.807) is 13.8 Å². The quantitative estimate of drug-likeness (QED) is 0.398. The van der Waals surface area contributed by atoms with Crippen molar-refractivity contribution in [2.24, 2.45) is 11.7 Å². The Bertz CT molecular complexity index is 108. The summed E-state index contributed by atoms with van der Waals surface area (Å²) < 4.78 is 0. The van der Waals surface area contributed by atoms with Gasteiger partial charge in [0.15, 0.2) is 0 Å². The van der Waals surface area contributed by atoms with Gasteiger partial charge >= 0.3 is 0 Å². The van der Waals surface area contributed by atoms with E-state index in [4.69, 9.17) is 10.9 Å². The minimum atomic E-state index is -0.616. The first-order chi connectivity index (χ1) is 4.09. The van der Waals surface area contributed by atoms with Crippen LogP contribution in [0.2, 0.25) is 0 Å². The smallest absolute Gasteiger partial charge is 0.260 e. The highest BCUT2D eigenvalue weighted by atomic mass is 35.5. The summed E-state index contributed by atoms with van der Waals surface area (Å²) in [5, 5.41) is 8.07. The fraction of sp³-hybridized carbons (Fsp3) is 0.800. The van der Waals surface area contributed by atoms with Crippen LogP contribution in [0.4, 0.5) is 0 Å². The lowest BCUT2D eigenvalue weighted by Crippen LogP contribution is -2.42. The fourth-order valence-electron chi connectivity index (χ4n) is 0.377. The SMILES string of the molecule is CC(C)C(N)C(=O)NO.Cl. The van der Waals surface area contributed by atoms with Gasteiger partial charge in [-0.3, -0.25) is 10.0 Å². The Hall–Kier alpha value is -0.320. The van der Waals surface area contributed by atoms with Crippen LogP contribution in [0.15, 0.2) is 0 Å². The minimum absolute atomic E-state index is 0.